The first-order chi connectivity index (χ1) is 10.3. The highest BCUT2D eigenvalue weighted by molar-refractivity contribution is 5.34. The van der Waals surface area contributed by atoms with Crippen LogP contribution >= 0.6 is 0 Å². The molecule has 3 heteroatoms. The molecule has 3 rings (SSSR count). The third-order valence-electron chi connectivity index (χ3n) is 3.61. The summed E-state index contributed by atoms with van der Waals surface area (Å²) >= 11 is 0. The lowest BCUT2D eigenvalue weighted by Crippen LogP contribution is -2.26. The van der Waals surface area contributed by atoms with E-state index in [9.17, 15) is 0 Å². The van der Waals surface area contributed by atoms with Gasteiger partial charge in [0.25, 0.3) is 0 Å². The zero-order valence-corrected chi connectivity index (χ0v) is 12.2. The van der Waals surface area contributed by atoms with Crippen molar-refractivity contribution in [1.82, 2.24) is 0 Å². The highest BCUT2D eigenvalue weighted by atomic mass is 16.7. The van der Waals surface area contributed by atoms with E-state index in [1.54, 1.807) is 0 Å². The van der Waals surface area contributed by atoms with Crippen LogP contribution in [0, 0.1) is 0 Å². The zero-order valence-electron chi connectivity index (χ0n) is 12.2. The lowest BCUT2D eigenvalue weighted by atomic mass is 10.0. The van der Waals surface area contributed by atoms with Crippen molar-refractivity contribution < 1.29 is 14.2 Å². The standard InChI is InChI=1S/C18H20O3/c1-2-12-18(19-13-14-20-18)15-8-10-17(11-9-15)21-16-6-4-3-5-7-16/h3-11H,2,12-14H2,1H3. The Balaban J connectivity index is 1.77. The second kappa shape index (κ2) is 6.29. The Hall–Kier alpha value is -1.84. The van der Waals surface area contributed by atoms with E-state index in [1.165, 1.54) is 0 Å². The quantitative estimate of drug-likeness (QED) is 0.810. The summed E-state index contributed by atoms with van der Waals surface area (Å²) in [6.45, 7) is 3.45. The van der Waals surface area contributed by atoms with Crippen LogP contribution in [-0.4, -0.2) is 13.2 Å². The van der Waals surface area contributed by atoms with Gasteiger partial charge in [0, 0.05) is 12.0 Å². The molecule has 2 aromatic rings. The molecular weight excluding hydrogens is 264 g/mol. The van der Waals surface area contributed by atoms with E-state index in [0.717, 1.165) is 29.9 Å². The fourth-order valence-corrected chi connectivity index (χ4v) is 2.64. The van der Waals surface area contributed by atoms with Crippen LogP contribution in [0.1, 0.15) is 25.3 Å². The summed E-state index contributed by atoms with van der Waals surface area (Å²) in [5.41, 5.74) is 1.06. The van der Waals surface area contributed by atoms with E-state index >= 15 is 0 Å². The van der Waals surface area contributed by atoms with E-state index in [1.807, 2.05) is 54.6 Å². The third kappa shape index (κ3) is 3.09. The second-order valence-corrected chi connectivity index (χ2v) is 5.14. The molecule has 0 N–H and O–H groups in total. The normalized spacial score (nSPS) is 16.8. The summed E-state index contributed by atoms with van der Waals surface area (Å²) in [6.07, 6.45) is 1.88. The van der Waals surface area contributed by atoms with Gasteiger partial charge in [-0.25, -0.2) is 0 Å². The average Bonchev–Trinajstić information content (AvgIpc) is 2.99. The molecule has 0 radical (unpaired) electrons. The van der Waals surface area contributed by atoms with Crippen LogP contribution in [-0.2, 0) is 15.3 Å². The molecule has 1 aliphatic heterocycles. The Morgan fingerprint density at radius 3 is 2.14 bits per heavy atom. The van der Waals surface area contributed by atoms with Crippen LogP contribution in [0.5, 0.6) is 11.5 Å². The molecule has 110 valence electrons. The van der Waals surface area contributed by atoms with Crippen molar-refractivity contribution >= 4 is 0 Å². The first-order valence-electron chi connectivity index (χ1n) is 7.44. The largest absolute Gasteiger partial charge is 0.457 e. The van der Waals surface area contributed by atoms with Crippen molar-refractivity contribution in [3.05, 3.63) is 60.2 Å². The van der Waals surface area contributed by atoms with E-state index in [2.05, 4.69) is 6.92 Å². The summed E-state index contributed by atoms with van der Waals surface area (Å²) in [5, 5.41) is 0. The fourth-order valence-electron chi connectivity index (χ4n) is 2.64. The van der Waals surface area contributed by atoms with Crippen molar-refractivity contribution in [1.29, 1.82) is 0 Å². The molecule has 0 atom stereocenters. The molecule has 21 heavy (non-hydrogen) atoms. The highest BCUT2D eigenvalue weighted by Gasteiger charge is 2.37. The van der Waals surface area contributed by atoms with Gasteiger partial charge in [0.1, 0.15) is 11.5 Å². The van der Waals surface area contributed by atoms with Crippen molar-refractivity contribution in [3.8, 4) is 11.5 Å². The number of hydrogen-bond acceptors (Lipinski definition) is 3. The monoisotopic (exact) mass is 284 g/mol. The minimum atomic E-state index is -0.569. The second-order valence-electron chi connectivity index (χ2n) is 5.14. The molecule has 0 spiro atoms. The van der Waals surface area contributed by atoms with E-state index in [0.29, 0.717) is 13.2 Å². The van der Waals surface area contributed by atoms with Crippen LogP contribution < -0.4 is 4.74 Å². The topological polar surface area (TPSA) is 27.7 Å². The van der Waals surface area contributed by atoms with E-state index in [4.69, 9.17) is 14.2 Å². The predicted molar refractivity (Wildman–Crippen MR) is 81.4 cm³/mol. The Morgan fingerprint density at radius 2 is 1.52 bits per heavy atom. The van der Waals surface area contributed by atoms with Gasteiger partial charge in [-0.05, 0) is 36.4 Å². The molecule has 2 aromatic carbocycles. The van der Waals surface area contributed by atoms with E-state index in [-0.39, 0.29) is 0 Å². The Labute approximate surface area is 125 Å². The molecule has 0 aliphatic carbocycles. The molecule has 1 fully saturated rings. The van der Waals surface area contributed by atoms with Crippen molar-refractivity contribution in [2.45, 2.75) is 25.6 Å². The predicted octanol–water partition coefficient (Wildman–Crippen LogP) is 4.48. The van der Waals surface area contributed by atoms with Gasteiger partial charge in [0.15, 0.2) is 5.79 Å². The molecule has 1 aliphatic rings. The number of benzene rings is 2. The first-order valence-corrected chi connectivity index (χ1v) is 7.44. The van der Waals surface area contributed by atoms with Crippen molar-refractivity contribution in [2.24, 2.45) is 0 Å². The summed E-state index contributed by atoms with van der Waals surface area (Å²) in [6, 6.07) is 17.7. The van der Waals surface area contributed by atoms with E-state index < -0.39 is 5.79 Å². The minimum absolute atomic E-state index is 0.569. The van der Waals surface area contributed by atoms with Crippen molar-refractivity contribution in [2.75, 3.05) is 13.2 Å². The third-order valence-corrected chi connectivity index (χ3v) is 3.61. The maximum atomic E-state index is 5.86. The van der Waals surface area contributed by atoms with Crippen LogP contribution in [0.2, 0.25) is 0 Å². The van der Waals surface area contributed by atoms with Crippen LogP contribution in [0.15, 0.2) is 54.6 Å². The summed E-state index contributed by atoms with van der Waals surface area (Å²) in [7, 11) is 0. The smallest absolute Gasteiger partial charge is 0.194 e. The first kappa shape index (κ1) is 14.1. The Morgan fingerprint density at radius 1 is 0.905 bits per heavy atom. The lowest BCUT2D eigenvalue weighted by molar-refractivity contribution is -0.170. The Kier molecular flexibility index (Phi) is 4.23. The molecule has 0 unspecified atom stereocenters. The van der Waals surface area contributed by atoms with Crippen LogP contribution in [0.3, 0.4) is 0 Å². The van der Waals surface area contributed by atoms with Gasteiger partial charge in [-0.3, -0.25) is 0 Å². The number of hydrogen-bond donors (Lipinski definition) is 0. The number of ether oxygens (including phenoxy) is 3. The van der Waals surface area contributed by atoms with Gasteiger partial charge in [0.2, 0.25) is 0 Å². The maximum Gasteiger partial charge on any atom is 0.194 e. The summed E-state index contributed by atoms with van der Waals surface area (Å²) in [4.78, 5) is 0. The van der Waals surface area contributed by atoms with Gasteiger partial charge in [0.05, 0.1) is 13.2 Å². The molecule has 3 nitrogen and oxygen atoms in total. The molecule has 0 aromatic heterocycles. The Bertz CT molecular complexity index is 557. The molecule has 0 amide bonds. The SMILES string of the molecule is CCCC1(c2ccc(Oc3ccccc3)cc2)OCCO1. The summed E-state index contributed by atoms with van der Waals surface area (Å²) in [5.74, 6) is 1.08. The van der Waals surface area contributed by atoms with Gasteiger partial charge < -0.3 is 14.2 Å². The maximum absolute atomic E-state index is 5.86. The zero-order chi connectivity index (χ0) is 14.5. The highest BCUT2D eigenvalue weighted by Crippen LogP contribution is 2.36. The molecule has 0 saturated carbocycles. The molecule has 1 saturated heterocycles. The number of rotatable bonds is 5. The fraction of sp³-hybridized carbons (Fsp3) is 0.333. The van der Waals surface area contributed by atoms with Gasteiger partial charge in [-0.1, -0.05) is 31.5 Å². The van der Waals surface area contributed by atoms with Crippen molar-refractivity contribution in [3.63, 3.8) is 0 Å². The summed E-state index contributed by atoms with van der Waals surface area (Å²) < 4.78 is 17.5. The van der Waals surface area contributed by atoms with Gasteiger partial charge >= 0.3 is 0 Å². The van der Waals surface area contributed by atoms with Gasteiger partial charge in [-0.15, -0.1) is 0 Å². The lowest BCUT2D eigenvalue weighted by Gasteiger charge is -2.27. The number of para-hydroxylation sites is 1. The molecular formula is C18H20O3. The minimum Gasteiger partial charge on any atom is -0.457 e. The average molecular weight is 284 g/mol. The van der Waals surface area contributed by atoms with Crippen LogP contribution in [0.25, 0.3) is 0 Å². The van der Waals surface area contributed by atoms with Gasteiger partial charge in [-0.2, -0.15) is 0 Å². The van der Waals surface area contributed by atoms with Crippen LogP contribution in [0.4, 0.5) is 0 Å². The molecule has 0 bridgehead atoms. The molecule has 1 heterocycles.